The number of ether oxygens (including phenoxy) is 1. The van der Waals surface area contributed by atoms with Crippen LogP contribution in [0.4, 0.5) is 0 Å². The van der Waals surface area contributed by atoms with Crippen LogP contribution in [0.5, 0.6) is 0 Å². The van der Waals surface area contributed by atoms with Crippen molar-refractivity contribution >= 4 is 17.8 Å². The van der Waals surface area contributed by atoms with E-state index in [4.69, 9.17) is 4.74 Å². The first-order valence-corrected chi connectivity index (χ1v) is 8.97. The van der Waals surface area contributed by atoms with Crippen LogP contribution in [0.25, 0.3) is 0 Å². The fourth-order valence-electron chi connectivity index (χ4n) is 2.42. The molecule has 1 aromatic rings. The monoisotopic (exact) mass is 360 g/mol. The number of hydrogen-bond acceptors (Lipinski definition) is 4. The largest absolute Gasteiger partial charge is 0.464 e. The number of carbonyl (C=O) groups excluding carboxylic acids is 3. The second-order valence-electron chi connectivity index (χ2n) is 5.87. The summed E-state index contributed by atoms with van der Waals surface area (Å²) < 4.78 is 5.07. The lowest BCUT2D eigenvalue weighted by molar-refractivity contribution is -0.147. The van der Waals surface area contributed by atoms with Crippen molar-refractivity contribution in [1.29, 1.82) is 0 Å². The van der Waals surface area contributed by atoms with Crippen molar-refractivity contribution in [3.63, 3.8) is 0 Å². The van der Waals surface area contributed by atoms with E-state index in [1.807, 2.05) is 30.3 Å². The van der Waals surface area contributed by atoms with Crippen LogP contribution in [0, 0.1) is 0 Å². The number of unbranched alkanes of at least 4 members (excludes halogenated alkanes) is 2. The van der Waals surface area contributed by atoms with Crippen LogP contribution in [-0.2, 0) is 25.5 Å². The zero-order chi connectivity index (χ0) is 19.2. The molecular weight excluding hydrogens is 332 g/mol. The molecule has 0 aliphatic carbocycles. The van der Waals surface area contributed by atoms with Crippen LogP contribution in [0.2, 0.25) is 0 Å². The van der Waals surface area contributed by atoms with Gasteiger partial charge >= 0.3 is 5.97 Å². The van der Waals surface area contributed by atoms with E-state index < -0.39 is 12.0 Å². The van der Waals surface area contributed by atoms with E-state index in [1.54, 1.807) is 6.92 Å². The highest BCUT2D eigenvalue weighted by molar-refractivity contribution is 5.86. The first kappa shape index (κ1) is 21.4. The maximum Gasteiger partial charge on any atom is 0.328 e. The summed E-state index contributed by atoms with van der Waals surface area (Å²) in [4.78, 5) is 35.2. The zero-order valence-corrected chi connectivity index (χ0v) is 15.3. The molecule has 0 saturated carbocycles. The molecule has 2 N–H and O–H groups in total. The van der Waals surface area contributed by atoms with Crippen molar-refractivity contribution in [3.8, 4) is 0 Å². The van der Waals surface area contributed by atoms with Crippen LogP contribution in [0.3, 0.4) is 0 Å². The quantitative estimate of drug-likeness (QED) is 0.340. The Bertz CT molecular complexity index is 587. The molecule has 26 heavy (non-hydrogen) atoms. The van der Waals surface area contributed by atoms with Gasteiger partial charge in [0, 0.05) is 19.4 Å². The number of rotatable bonds is 12. The van der Waals surface area contributed by atoms with Gasteiger partial charge in [0.15, 0.2) is 0 Å². The molecule has 0 heterocycles. The molecule has 0 spiro atoms. The third kappa shape index (κ3) is 9.01. The molecule has 0 aliphatic heterocycles. The second-order valence-corrected chi connectivity index (χ2v) is 5.87. The van der Waals surface area contributed by atoms with Gasteiger partial charge in [-0.05, 0) is 31.4 Å². The van der Waals surface area contributed by atoms with E-state index in [2.05, 4.69) is 17.2 Å². The minimum absolute atomic E-state index is 0.172. The average Bonchev–Trinajstić information content (AvgIpc) is 2.64. The van der Waals surface area contributed by atoms with Gasteiger partial charge in [0.05, 0.1) is 6.61 Å². The smallest absolute Gasteiger partial charge is 0.328 e. The highest BCUT2D eigenvalue weighted by atomic mass is 16.5. The van der Waals surface area contributed by atoms with E-state index in [9.17, 15) is 14.4 Å². The standard InChI is InChI=1S/C20H28N2O4/c1-3-18(23)21-14-10-6-9-13-19(24)22-17(20(25)26-4-2)15-16-11-7-5-8-12-16/h3,5,7-8,11-12,17H,1,4,6,9-10,13-15H2,2H3,(H,21,23)(H,22,24). The number of amides is 2. The maximum atomic E-state index is 12.1. The lowest BCUT2D eigenvalue weighted by atomic mass is 10.1. The summed E-state index contributed by atoms with van der Waals surface area (Å²) in [6.07, 6.45) is 4.26. The molecular formula is C20H28N2O4. The van der Waals surface area contributed by atoms with E-state index in [-0.39, 0.29) is 18.4 Å². The summed E-state index contributed by atoms with van der Waals surface area (Å²) in [6, 6.07) is 8.83. The van der Waals surface area contributed by atoms with Crippen LogP contribution in [0.1, 0.15) is 38.2 Å². The normalized spacial score (nSPS) is 11.3. The Morgan fingerprint density at radius 1 is 1.15 bits per heavy atom. The van der Waals surface area contributed by atoms with Crippen LogP contribution in [0.15, 0.2) is 43.0 Å². The van der Waals surface area contributed by atoms with Crippen LogP contribution >= 0.6 is 0 Å². The third-order valence-corrected chi connectivity index (χ3v) is 3.75. The molecule has 6 heteroatoms. The van der Waals surface area contributed by atoms with Crippen LogP contribution < -0.4 is 10.6 Å². The lowest BCUT2D eigenvalue weighted by Crippen LogP contribution is -2.43. The maximum absolute atomic E-state index is 12.1. The third-order valence-electron chi connectivity index (χ3n) is 3.75. The van der Waals surface area contributed by atoms with Gasteiger partial charge in [-0.3, -0.25) is 9.59 Å². The lowest BCUT2D eigenvalue weighted by Gasteiger charge is -2.17. The van der Waals surface area contributed by atoms with Gasteiger partial charge in [-0.25, -0.2) is 4.79 Å². The molecule has 1 rings (SSSR count). The number of nitrogens with one attached hydrogen (secondary N) is 2. The number of hydrogen-bond donors (Lipinski definition) is 2. The van der Waals surface area contributed by atoms with Gasteiger partial charge in [-0.1, -0.05) is 43.3 Å². The van der Waals surface area contributed by atoms with Crippen molar-refractivity contribution in [1.82, 2.24) is 10.6 Å². The highest BCUT2D eigenvalue weighted by Crippen LogP contribution is 2.06. The predicted octanol–water partition coefficient (Wildman–Crippen LogP) is 2.14. The Morgan fingerprint density at radius 2 is 1.88 bits per heavy atom. The summed E-state index contributed by atoms with van der Waals surface area (Å²) >= 11 is 0. The van der Waals surface area contributed by atoms with Crippen LogP contribution in [-0.4, -0.2) is 37.0 Å². The van der Waals surface area contributed by atoms with Crippen molar-refractivity contribution in [2.45, 2.75) is 45.1 Å². The summed E-state index contributed by atoms with van der Waals surface area (Å²) in [7, 11) is 0. The Kier molecular flexibility index (Phi) is 10.5. The van der Waals surface area contributed by atoms with Gasteiger partial charge in [-0.2, -0.15) is 0 Å². The van der Waals surface area contributed by atoms with Gasteiger partial charge in [0.25, 0.3) is 0 Å². The molecule has 0 saturated heterocycles. The zero-order valence-electron chi connectivity index (χ0n) is 15.3. The minimum Gasteiger partial charge on any atom is -0.464 e. The summed E-state index contributed by atoms with van der Waals surface area (Å²) in [5.74, 6) is -0.785. The molecule has 1 unspecified atom stereocenters. The number of benzene rings is 1. The minimum atomic E-state index is -0.684. The molecule has 0 fully saturated rings. The molecule has 0 bridgehead atoms. The van der Waals surface area contributed by atoms with Crippen molar-refractivity contribution in [2.24, 2.45) is 0 Å². The van der Waals surface area contributed by atoms with Gasteiger partial charge in [-0.15, -0.1) is 0 Å². The fraction of sp³-hybridized carbons (Fsp3) is 0.450. The molecule has 6 nitrogen and oxygen atoms in total. The fourth-order valence-corrected chi connectivity index (χ4v) is 2.42. The summed E-state index contributed by atoms with van der Waals surface area (Å²) in [5, 5.41) is 5.46. The average molecular weight is 360 g/mol. The Labute approximate surface area is 155 Å². The van der Waals surface area contributed by atoms with Gasteiger partial charge < -0.3 is 15.4 Å². The highest BCUT2D eigenvalue weighted by Gasteiger charge is 2.22. The molecule has 142 valence electrons. The number of esters is 1. The van der Waals surface area contributed by atoms with E-state index in [1.165, 1.54) is 6.08 Å². The number of carbonyl (C=O) groups is 3. The topological polar surface area (TPSA) is 84.5 Å². The van der Waals surface area contributed by atoms with Crippen molar-refractivity contribution < 1.29 is 19.1 Å². The van der Waals surface area contributed by atoms with Crippen molar-refractivity contribution in [3.05, 3.63) is 48.6 Å². The van der Waals surface area contributed by atoms with E-state index >= 15 is 0 Å². The molecule has 0 aromatic heterocycles. The molecule has 0 radical (unpaired) electrons. The summed E-state index contributed by atoms with van der Waals surface area (Å²) in [6.45, 7) is 5.96. The first-order valence-electron chi connectivity index (χ1n) is 8.97. The molecule has 1 aromatic carbocycles. The Balaban J connectivity index is 2.38. The molecule has 0 aliphatic rings. The summed E-state index contributed by atoms with van der Waals surface area (Å²) in [5.41, 5.74) is 0.962. The van der Waals surface area contributed by atoms with E-state index in [0.29, 0.717) is 25.8 Å². The molecule has 1 atom stereocenters. The second kappa shape index (κ2) is 12.7. The Morgan fingerprint density at radius 3 is 2.54 bits per heavy atom. The molecule has 2 amide bonds. The predicted molar refractivity (Wildman–Crippen MR) is 100 cm³/mol. The van der Waals surface area contributed by atoms with Gasteiger partial charge in [0.2, 0.25) is 11.8 Å². The SMILES string of the molecule is C=CC(=O)NCCCCCC(=O)NC(Cc1ccccc1)C(=O)OCC. The van der Waals surface area contributed by atoms with Crippen molar-refractivity contribution in [2.75, 3.05) is 13.2 Å². The Hall–Kier alpha value is -2.63. The first-order chi connectivity index (χ1) is 12.6. The van der Waals surface area contributed by atoms with Gasteiger partial charge in [0.1, 0.15) is 6.04 Å². The van der Waals surface area contributed by atoms with E-state index in [0.717, 1.165) is 18.4 Å².